The smallest absolute Gasteiger partial charge is 0.254 e. The molecule has 1 aromatic heterocycles. The lowest BCUT2D eigenvalue weighted by atomic mass is 10.2. The van der Waals surface area contributed by atoms with Gasteiger partial charge in [-0.15, -0.1) is 0 Å². The molecule has 1 aliphatic carbocycles. The Balaban J connectivity index is 2.00. The maximum Gasteiger partial charge on any atom is 0.254 e. The molecule has 0 bridgehead atoms. The summed E-state index contributed by atoms with van der Waals surface area (Å²) >= 11 is 1.51. The quantitative estimate of drug-likeness (QED) is 0.361. The maximum atomic E-state index is 12.2. The van der Waals surface area contributed by atoms with Crippen molar-refractivity contribution >= 4 is 23.1 Å². The van der Waals surface area contributed by atoms with Gasteiger partial charge in [0.15, 0.2) is 0 Å². The first-order chi connectivity index (χ1) is 8.22. The topological polar surface area (TPSA) is 78.9 Å². The molecule has 0 spiro atoms. The first-order valence-electron chi connectivity index (χ1n) is 5.52. The van der Waals surface area contributed by atoms with Gasteiger partial charge in [-0.3, -0.25) is 4.79 Å². The van der Waals surface area contributed by atoms with Crippen LogP contribution >= 0.6 is 11.3 Å². The summed E-state index contributed by atoms with van der Waals surface area (Å²) in [6.07, 6.45) is 2.50. The van der Waals surface area contributed by atoms with E-state index in [-0.39, 0.29) is 11.7 Å². The third-order valence-corrected chi connectivity index (χ3v) is 3.44. The summed E-state index contributed by atoms with van der Waals surface area (Å²) in [7, 11) is 0. The highest BCUT2D eigenvalue weighted by atomic mass is 32.1. The number of carbonyl (C=O) groups is 1. The zero-order chi connectivity index (χ0) is 12.3. The summed E-state index contributed by atoms with van der Waals surface area (Å²) in [6.45, 7) is 0.509. The van der Waals surface area contributed by atoms with Crippen LogP contribution in [0.25, 0.3) is 0 Å². The van der Waals surface area contributed by atoms with Gasteiger partial charge in [-0.1, -0.05) is 5.16 Å². The lowest BCUT2D eigenvalue weighted by Gasteiger charge is -2.21. The summed E-state index contributed by atoms with van der Waals surface area (Å²) in [5.41, 5.74) is 6.15. The SMILES string of the molecule is N/C(CCN(C(=O)c1ccsc1)C1CC1)=N/O. The van der Waals surface area contributed by atoms with E-state index in [0.29, 0.717) is 19.0 Å². The van der Waals surface area contributed by atoms with Gasteiger partial charge in [0.1, 0.15) is 5.84 Å². The Labute approximate surface area is 104 Å². The minimum absolute atomic E-state index is 0.0412. The van der Waals surface area contributed by atoms with Crippen LogP contribution in [0.3, 0.4) is 0 Å². The van der Waals surface area contributed by atoms with Crippen molar-refractivity contribution in [1.82, 2.24) is 4.90 Å². The Hall–Kier alpha value is -1.56. The Bertz CT molecular complexity index is 412. The zero-order valence-electron chi connectivity index (χ0n) is 9.37. The molecule has 1 amide bonds. The summed E-state index contributed by atoms with van der Waals surface area (Å²) < 4.78 is 0. The minimum Gasteiger partial charge on any atom is -0.409 e. The minimum atomic E-state index is 0.0412. The van der Waals surface area contributed by atoms with E-state index in [9.17, 15) is 4.79 Å². The van der Waals surface area contributed by atoms with Gasteiger partial charge in [0.25, 0.3) is 5.91 Å². The third kappa shape index (κ3) is 2.97. The molecule has 0 aromatic carbocycles. The Kier molecular flexibility index (Phi) is 3.63. The predicted molar refractivity (Wildman–Crippen MR) is 66.4 cm³/mol. The normalized spacial score (nSPS) is 15.9. The van der Waals surface area contributed by atoms with Gasteiger partial charge in [0.2, 0.25) is 0 Å². The van der Waals surface area contributed by atoms with E-state index in [2.05, 4.69) is 5.16 Å². The summed E-state index contributed by atoms with van der Waals surface area (Å²) in [6, 6.07) is 2.15. The fourth-order valence-electron chi connectivity index (χ4n) is 1.67. The maximum absolute atomic E-state index is 12.2. The second kappa shape index (κ2) is 5.18. The first kappa shape index (κ1) is 11.9. The van der Waals surface area contributed by atoms with Crippen molar-refractivity contribution in [1.29, 1.82) is 0 Å². The highest BCUT2D eigenvalue weighted by Crippen LogP contribution is 2.28. The Morgan fingerprint density at radius 2 is 2.41 bits per heavy atom. The fourth-order valence-corrected chi connectivity index (χ4v) is 2.30. The van der Waals surface area contributed by atoms with Gasteiger partial charge in [0.05, 0.1) is 5.56 Å². The first-order valence-corrected chi connectivity index (χ1v) is 6.46. The number of oxime groups is 1. The van der Waals surface area contributed by atoms with Gasteiger partial charge < -0.3 is 15.8 Å². The monoisotopic (exact) mass is 253 g/mol. The fraction of sp³-hybridized carbons (Fsp3) is 0.455. The van der Waals surface area contributed by atoms with Crippen LogP contribution < -0.4 is 5.73 Å². The number of amides is 1. The van der Waals surface area contributed by atoms with Crippen molar-refractivity contribution in [3.63, 3.8) is 0 Å². The van der Waals surface area contributed by atoms with E-state index in [1.54, 1.807) is 0 Å². The molecule has 5 nitrogen and oxygen atoms in total. The number of rotatable bonds is 5. The summed E-state index contributed by atoms with van der Waals surface area (Å²) in [4.78, 5) is 14.0. The summed E-state index contributed by atoms with van der Waals surface area (Å²) in [5, 5.41) is 15.1. The molecule has 1 heterocycles. The molecule has 1 saturated carbocycles. The van der Waals surface area contributed by atoms with Crippen LogP contribution in [0.15, 0.2) is 22.0 Å². The average Bonchev–Trinajstić information content (AvgIpc) is 3.02. The van der Waals surface area contributed by atoms with Crippen molar-refractivity contribution in [2.75, 3.05) is 6.54 Å². The molecule has 0 saturated heterocycles. The van der Waals surface area contributed by atoms with E-state index < -0.39 is 0 Å². The van der Waals surface area contributed by atoms with Crippen molar-refractivity contribution in [3.05, 3.63) is 22.4 Å². The molecule has 0 aliphatic heterocycles. The molecule has 6 heteroatoms. The molecule has 92 valence electrons. The van der Waals surface area contributed by atoms with Crippen molar-refractivity contribution < 1.29 is 10.0 Å². The Morgan fingerprint density at radius 1 is 1.65 bits per heavy atom. The van der Waals surface area contributed by atoms with Crippen LogP contribution in [-0.2, 0) is 0 Å². The van der Waals surface area contributed by atoms with Crippen LogP contribution in [0, 0.1) is 0 Å². The second-order valence-corrected chi connectivity index (χ2v) is 4.86. The predicted octanol–water partition coefficient (Wildman–Crippen LogP) is 1.49. The van der Waals surface area contributed by atoms with Gasteiger partial charge >= 0.3 is 0 Å². The molecule has 3 N–H and O–H groups in total. The second-order valence-electron chi connectivity index (χ2n) is 4.08. The molecule has 1 aromatic rings. The number of nitrogens with zero attached hydrogens (tertiary/aromatic N) is 2. The van der Waals surface area contributed by atoms with Crippen LogP contribution in [0.4, 0.5) is 0 Å². The van der Waals surface area contributed by atoms with E-state index in [1.807, 2.05) is 21.7 Å². The molecule has 17 heavy (non-hydrogen) atoms. The number of hydrogen-bond donors (Lipinski definition) is 2. The van der Waals surface area contributed by atoms with Crippen LogP contribution in [0.1, 0.15) is 29.6 Å². The molecule has 0 unspecified atom stereocenters. The summed E-state index contributed by atoms with van der Waals surface area (Å²) in [5.74, 6) is 0.202. The molecular formula is C11H15N3O2S. The molecule has 1 fully saturated rings. The number of amidine groups is 1. The van der Waals surface area contributed by atoms with Crippen molar-refractivity contribution in [2.45, 2.75) is 25.3 Å². The number of thiophene rings is 1. The number of hydrogen-bond acceptors (Lipinski definition) is 4. The van der Waals surface area contributed by atoms with Crippen LogP contribution in [0.5, 0.6) is 0 Å². The highest BCUT2D eigenvalue weighted by molar-refractivity contribution is 7.08. The van der Waals surface area contributed by atoms with Gasteiger partial charge in [-0.25, -0.2) is 0 Å². The van der Waals surface area contributed by atoms with Gasteiger partial charge in [-0.05, 0) is 24.3 Å². The highest BCUT2D eigenvalue weighted by Gasteiger charge is 2.32. The standard InChI is InChI=1S/C11H15N3O2S/c12-10(13-16)3-5-14(9-1-2-9)11(15)8-4-6-17-7-8/h4,6-7,9,16H,1-3,5H2,(H2,12,13). The van der Waals surface area contributed by atoms with E-state index >= 15 is 0 Å². The zero-order valence-corrected chi connectivity index (χ0v) is 10.2. The van der Waals surface area contributed by atoms with E-state index in [1.165, 1.54) is 11.3 Å². The largest absolute Gasteiger partial charge is 0.409 e. The third-order valence-electron chi connectivity index (χ3n) is 2.75. The van der Waals surface area contributed by atoms with E-state index in [0.717, 1.165) is 18.4 Å². The molecule has 2 rings (SSSR count). The van der Waals surface area contributed by atoms with Gasteiger partial charge in [0, 0.05) is 24.4 Å². The Morgan fingerprint density at radius 3 is 2.94 bits per heavy atom. The van der Waals surface area contributed by atoms with Crippen LogP contribution in [-0.4, -0.2) is 34.4 Å². The lowest BCUT2D eigenvalue weighted by Crippen LogP contribution is -2.35. The molecule has 0 atom stereocenters. The van der Waals surface area contributed by atoms with Crippen LogP contribution in [0.2, 0.25) is 0 Å². The van der Waals surface area contributed by atoms with Gasteiger partial charge in [-0.2, -0.15) is 11.3 Å². The van der Waals surface area contributed by atoms with E-state index in [4.69, 9.17) is 10.9 Å². The number of carbonyl (C=O) groups excluding carboxylic acids is 1. The molecule has 0 radical (unpaired) electrons. The van der Waals surface area contributed by atoms with Crippen molar-refractivity contribution in [3.8, 4) is 0 Å². The number of nitrogens with two attached hydrogens (primary N) is 1. The lowest BCUT2D eigenvalue weighted by molar-refractivity contribution is 0.0748. The molecule has 1 aliphatic rings. The molecular weight excluding hydrogens is 238 g/mol. The average molecular weight is 253 g/mol. The van der Waals surface area contributed by atoms with Crippen molar-refractivity contribution in [2.24, 2.45) is 10.9 Å².